The number of fused-ring (bicyclic) bond motifs is 2. The van der Waals surface area contributed by atoms with Crippen LogP contribution in [-0.2, 0) is 0 Å². The van der Waals surface area contributed by atoms with Gasteiger partial charge in [0, 0.05) is 45.5 Å². The molecule has 1 N–H and O–H groups in total. The molecular weight excluding hydrogens is 787 g/mol. The van der Waals surface area contributed by atoms with E-state index >= 15 is 0 Å². The van der Waals surface area contributed by atoms with E-state index in [9.17, 15) is 0 Å². The molecule has 10 aromatic rings. The minimum Gasteiger partial charge on any atom is -0.356 e. The Balaban J connectivity index is 0.000000186. The number of aryl methyl sites for hydroxylation is 6. The summed E-state index contributed by atoms with van der Waals surface area (Å²) in [6.45, 7) is 12.7. The lowest BCUT2D eigenvalue weighted by Crippen LogP contribution is -2.10. The Kier molecular flexibility index (Phi) is 13.8. The molecule has 0 aromatic heterocycles. The first-order chi connectivity index (χ1) is 31.6. The fraction of sp³-hybridized carbons (Fsp3) is 0.0968. The second-order valence-electron chi connectivity index (χ2n) is 16.9. The van der Waals surface area contributed by atoms with Gasteiger partial charge in [-0.05, 0) is 160 Å². The van der Waals surface area contributed by atoms with Crippen molar-refractivity contribution >= 4 is 67.0 Å². The maximum atomic E-state index is 3.36. The number of nitrogens with zero attached hydrogens (tertiary/aromatic N) is 2. The maximum Gasteiger partial charge on any atom is 0.0468 e. The van der Waals surface area contributed by atoms with E-state index in [1.807, 2.05) is 0 Å². The summed E-state index contributed by atoms with van der Waals surface area (Å²) in [6, 6.07) is 82.0. The van der Waals surface area contributed by atoms with Crippen LogP contribution in [0.3, 0.4) is 0 Å². The normalized spacial score (nSPS) is 10.6. The van der Waals surface area contributed by atoms with E-state index in [4.69, 9.17) is 0 Å². The summed E-state index contributed by atoms with van der Waals surface area (Å²) in [4.78, 5) is 4.66. The molecule has 3 heteroatoms. The zero-order chi connectivity index (χ0) is 45.1. The van der Waals surface area contributed by atoms with Crippen LogP contribution in [0.25, 0.3) is 21.5 Å². The van der Waals surface area contributed by atoms with Gasteiger partial charge in [-0.15, -0.1) is 0 Å². The SMILES string of the molecule is Cc1ccc(N(c2ccc(C)cc2)c2ccc3cc(N(c4ccc(C)cc4)c4ccc(C)cc4)ccc3c2)cc1.Cc1ccc(Nc2ccc(C)cc2)cc1.c1ccc2ccccc2c1. The molecule has 0 aliphatic carbocycles. The molecule has 0 fully saturated rings. The van der Waals surface area contributed by atoms with E-state index in [1.165, 1.54) is 54.9 Å². The lowest BCUT2D eigenvalue weighted by atomic mass is 10.1. The van der Waals surface area contributed by atoms with Crippen molar-refractivity contribution in [3.8, 4) is 0 Å². The van der Waals surface area contributed by atoms with Gasteiger partial charge in [0.25, 0.3) is 0 Å². The number of anilines is 8. The molecule has 0 saturated carbocycles. The van der Waals surface area contributed by atoms with Crippen LogP contribution in [0.2, 0.25) is 0 Å². The summed E-state index contributed by atoms with van der Waals surface area (Å²) in [6.07, 6.45) is 0. The Bertz CT molecular complexity index is 2740. The average molecular weight is 844 g/mol. The van der Waals surface area contributed by atoms with Gasteiger partial charge < -0.3 is 15.1 Å². The summed E-state index contributed by atoms with van der Waals surface area (Å²) in [7, 11) is 0. The molecule has 320 valence electrons. The molecular formula is C62H57N3. The van der Waals surface area contributed by atoms with E-state index in [-0.39, 0.29) is 0 Å². The molecule has 0 spiro atoms. The highest BCUT2D eigenvalue weighted by molar-refractivity contribution is 5.93. The molecule has 65 heavy (non-hydrogen) atoms. The van der Waals surface area contributed by atoms with Crippen LogP contribution >= 0.6 is 0 Å². The van der Waals surface area contributed by atoms with E-state index in [2.05, 4.69) is 287 Å². The quantitative estimate of drug-likeness (QED) is 0.164. The number of hydrogen-bond acceptors (Lipinski definition) is 3. The van der Waals surface area contributed by atoms with Crippen molar-refractivity contribution in [3.05, 3.63) is 264 Å². The Morgan fingerprint density at radius 1 is 0.231 bits per heavy atom. The fourth-order valence-electron chi connectivity index (χ4n) is 7.74. The molecule has 10 rings (SSSR count). The van der Waals surface area contributed by atoms with Gasteiger partial charge in [0.1, 0.15) is 0 Å². The van der Waals surface area contributed by atoms with Crippen LogP contribution in [0.5, 0.6) is 0 Å². The molecule has 0 unspecified atom stereocenters. The Morgan fingerprint density at radius 2 is 0.462 bits per heavy atom. The van der Waals surface area contributed by atoms with E-state index < -0.39 is 0 Å². The van der Waals surface area contributed by atoms with Crippen LogP contribution in [0.15, 0.2) is 231 Å². The first-order valence-electron chi connectivity index (χ1n) is 22.4. The van der Waals surface area contributed by atoms with Crippen molar-refractivity contribution in [3.63, 3.8) is 0 Å². The van der Waals surface area contributed by atoms with Gasteiger partial charge in [-0.2, -0.15) is 0 Å². The number of benzene rings is 10. The third kappa shape index (κ3) is 11.4. The highest BCUT2D eigenvalue weighted by Gasteiger charge is 2.16. The lowest BCUT2D eigenvalue weighted by Gasteiger charge is -2.27. The molecule has 0 aliphatic rings. The van der Waals surface area contributed by atoms with Gasteiger partial charge in [-0.3, -0.25) is 0 Å². The second kappa shape index (κ2) is 20.5. The highest BCUT2D eigenvalue weighted by Crippen LogP contribution is 2.39. The first kappa shape index (κ1) is 43.8. The van der Waals surface area contributed by atoms with Crippen LogP contribution in [0.1, 0.15) is 33.4 Å². The highest BCUT2D eigenvalue weighted by atomic mass is 15.1. The number of hydrogen-bond donors (Lipinski definition) is 1. The van der Waals surface area contributed by atoms with Gasteiger partial charge in [-0.1, -0.05) is 167 Å². The van der Waals surface area contributed by atoms with E-state index in [0.29, 0.717) is 0 Å². The lowest BCUT2D eigenvalue weighted by molar-refractivity contribution is 1.27. The standard InChI is InChI=1S/C38H34N2.C14H15N.C10H8/c1-27-5-15-33(16-6-27)39(34-17-7-28(2)8-18-34)37-23-13-32-26-38(24-14-31(32)25-37)40(35-19-9-29(3)10-20-35)36-21-11-30(4)12-22-36;1-11-3-7-13(8-4-11)15-14-9-5-12(2)6-10-14;1-2-6-10-8-4-3-7-9(10)5-1/h5-26H,1-4H3;3-10,15H,1-2H3;1-8H. The topological polar surface area (TPSA) is 18.5 Å². The third-order valence-electron chi connectivity index (χ3n) is 11.5. The van der Waals surface area contributed by atoms with Gasteiger partial charge >= 0.3 is 0 Å². The van der Waals surface area contributed by atoms with Crippen molar-refractivity contribution in [1.29, 1.82) is 0 Å². The largest absolute Gasteiger partial charge is 0.356 e. The van der Waals surface area contributed by atoms with Crippen molar-refractivity contribution in [2.75, 3.05) is 15.1 Å². The Labute approximate surface area is 385 Å². The second-order valence-corrected chi connectivity index (χ2v) is 16.9. The first-order valence-corrected chi connectivity index (χ1v) is 22.4. The molecule has 0 atom stereocenters. The molecule has 0 bridgehead atoms. The van der Waals surface area contributed by atoms with Crippen molar-refractivity contribution in [1.82, 2.24) is 0 Å². The molecule has 0 heterocycles. The monoisotopic (exact) mass is 843 g/mol. The summed E-state index contributed by atoms with van der Waals surface area (Å²) in [5, 5.41) is 8.39. The summed E-state index contributed by atoms with van der Waals surface area (Å²) < 4.78 is 0. The predicted molar refractivity (Wildman–Crippen MR) is 282 cm³/mol. The van der Waals surface area contributed by atoms with Gasteiger partial charge in [-0.25, -0.2) is 0 Å². The minimum atomic E-state index is 1.13. The maximum absolute atomic E-state index is 3.36. The fourth-order valence-corrected chi connectivity index (χ4v) is 7.74. The summed E-state index contributed by atoms with van der Waals surface area (Å²) in [5.74, 6) is 0. The van der Waals surface area contributed by atoms with Crippen molar-refractivity contribution in [2.24, 2.45) is 0 Å². The molecule has 10 aromatic carbocycles. The van der Waals surface area contributed by atoms with Crippen molar-refractivity contribution < 1.29 is 0 Å². The predicted octanol–water partition coefficient (Wildman–Crippen LogP) is 17.9. The smallest absolute Gasteiger partial charge is 0.0468 e. The zero-order valence-corrected chi connectivity index (χ0v) is 38.3. The van der Waals surface area contributed by atoms with Crippen LogP contribution in [0.4, 0.5) is 45.5 Å². The average Bonchev–Trinajstić information content (AvgIpc) is 3.33. The van der Waals surface area contributed by atoms with Gasteiger partial charge in [0.15, 0.2) is 0 Å². The van der Waals surface area contributed by atoms with Crippen molar-refractivity contribution in [2.45, 2.75) is 41.5 Å². The molecule has 0 saturated heterocycles. The van der Waals surface area contributed by atoms with Crippen LogP contribution in [0, 0.1) is 41.5 Å². The number of nitrogens with one attached hydrogen (secondary N) is 1. The summed E-state index contributed by atoms with van der Waals surface area (Å²) >= 11 is 0. The Morgan fingerprint density at radius 3 is 0.723 bits per heavy atom. The Hall–Kier alpha value is -7.88. The van der Waals surface area contributed by atoms with Crippen LogP contribution < -0.4 is 15.1 Å². The number of rotatable bonds is 8. The molecule has 0 aliphatic heterocycles. The van der Waals surface area contributed by atoms with Gasteiger partial charge in [0.05, 0.1) is 0 Å². The zero-order valence-electron chi connectivity index (χ0n) is 38.3. The molecule has 0 radical (unpaired) electrons. The third-order valence-corrected chi connectivity index (χ3v) is 11.5. The minimum absolute atomic E-state index is 1.13. The van der Waals surface area contributed by atoms with Crippen LogP contribution in [-0.4, -0.2) is 0 Å². The van der Waals surface area contributed by atoms with E-state index in [1.54, 1.807) is 0 Å². The molecule has 3 nitrogen and oxygen atoms in total. The van der Waals surface area contributed by atoms with E-state index in [0.717, 1.165) is 45.5 Å². The van der Waals surface area contributed by atoms with Gasteiger partial charge in [0.2, 0.25) is 0 Å². The summed E-state index contributed by atoms with van der Waals surface area (Å²) in [5.41, 5.74) is 16.7. The molecule has 0 amide bonds.